The van der Waals surface area contributed by atoms with E-state index in [1.807, 2.05) is 6.20 Å². The van der Waals surface area contributed by atoms with Crippen LogP contribution >= 0.6 is 0 Å². The van der Waals surface area contributed by atoms with Gasteiger partial charge in [0, 0.05) is 12.6 Å². The summed E-state index contributed by atoms with van der Waals surface area (Å²) in [6.45, 7) is 2.11. The van der Waals surface area contributed by atoms with Gasteiger partial charge in [0.05, 0.1) is 0 Å². The van der Waals surface area contributed by atoms with Gasteiger partial charge in [-0.25, -0.2) is 4.99 Å². The molecule has 1 heterocycles. The third-order valence-corrected chi connectivity index (χ3v) is 1.28. The average Bonchev–Trinajstić information content (AvgIpc) is 2.14. The van der Waals surface area contributed by atoms with E-state index in [2.05, 4.69) is 11.9 Å². The molecular formula is C6H10N2. The highest BCUT2D eigenvalue weighted by molar-refractivity contribution is 5.85. The van der Waals surface area contributed by atoms with E-state index >= 15 is 0 Å². The van der Waals surface area contributed by atoms with Crippen LogP contribution < -0.4 is 5.73 Å². The molecular weight excluding hydrogens is 100 g/mol. The largest absolute Gasteiger partial charge is 0.387 e. The van der Waals surface area contributed by atoms with Crippen LogP contribution in [0.3, 0.4) is 0 Å². The zero-order valence-electron chi connectivity index (χ0n) is 5.02. The Bertz CT molecular complexity index is 145. The third kappa shape index (κ3) is 0.886. The highest BCUT2D eigenvalue weighted by Crippen LogP contribution is 2.11. The molecule has 1 rings (SSSR count). The minimum atomic E-state index is 0.752. The van der Waals surface area contributed by atoms with Gasteiger partial charge in [0.1, 0.15) is 5.84 Å². The summed E-state index contributed by atoms with van der Waals surface area (Å²) in [6.07, 6.45) is 3.82. The summed E-state index contributed by atoms with van der Waals surface area (Å²) in [7, 11) is 0. The van der Waals surface area contributed by atoms with E-state index in [0.717, 1.165) is 18.7 Å². The Morgan fingerprint density at radius 2 is 2.62 bits per heavy atom. The highest BCUT2D eigenvalue weighted by Gasteiger charge is 2.02. The van der Waals surface area contributed by atoms with E-state index in [4.69, 9.17) is 5.73 Å². The van der Waals surface area contributed by atoms with Gasteiger partial charge in [0.2, 0.25) is 0 Å². The summed E-state index contributed by atoms with van der Waals surface area (Å²) in [5.41, 5.74) is 6.73. The van der Waals surface area contributed by atoms with Crippen molar-refractivity contribution in [3.63, 3.8) is 0 Å². The minimum Gasteiger partial charge on any atom is -0.387 e. The number of amidine groups is 1. The standard InChI is InChI=1S/C6H10N2/c1-2-5-3-6(7)8-4-5/h4H,2-3H2,1H3,(H2,7,8). The lowest BCUT2D eigenvalue weighted by molar-refractivity contribution is 1.06. The maximum Gasteiger partial charge on any atom is 0.103 e. The molecule has 0 amide bonds. The van der Waals surface area contributed by atoms with Crippen LogP contribution in [-0.2, 0) is 0 Å². The van der Waals surface area contributed by atoms with Crippen LogP contribution in [0, 0.1) is 0 Å². The maximum atomic E-state index is 5.40. The fraction of sp³-hybridized carbons (Fsp3) is 0.500. The van der Waals surface area contributed by atoms with Crippen LogP contribution in [0.15, 0.2) is 16.8 Å². The van der Waals surface area contributed by atoms with E-state index in [1.54, 1.807) is 0 Å². The molecule has 0 spiro atoms. The first-order chi connectivity index (χ1) is 3.83. The zero-order valence-corrected chi connectivity index (χ0v) is 5.02. The van der Waals surface area contributed by atoms with Crippen LogP contribution in [-0.4, -0.2) is 5.84 Å². The Morgan fingerprint density at radius 3 is 2.88 bits per heavy atom. The molecule has 2 N–H and O–H groups in total. The second-order valence-electron chi connectivity index (χ2n) is 1.94. The van der Waals surface area contributed by atoms with Crippen LogP contribution in [0.2, 0.25) is 0 Å². The topological polar surface area (TPSA) is 38.4 Å². The summed E-state index contributed by atoms with van der Waals surface area (Å²) in [4.78, 5) is 3.92. The van der Waals surface area contributed by atoms with E-state index in [0.29, 0.717) is 0 Å². The summed E-state index contributed by atoms with van der Waals surface area (Å²) >= 11 is 0. The molecule has 0 aromatic heterocycles. The van der Waals surface area contributed by atoms with Crippen molar-refractivity contribution in [2.24, 2.45) is 10.7 Å². The molecule has 0 aromatic carbocycles. The van der Waals surface area contributed by atoms with Crippen molar-refractivity contribution in [3.05, 3.63) is 11.8 Å². The van der Waals surface area contributed by atoms with Gasteiger partial charge in [0.15, 0.2) is 0 Å². The molecule has 0 radical (unpaired) electrons. The molecule has 0 aliphatic carbocycles. The predicted octanol–water partition coefficient (Wildman–Crippen LogP) is 1.04. The Kier molecular flexibility index (Phi) is 1.33. The number of nitrogens with zero attached hydrogens (tertiary/aromatic N) is 1. The predicted molar refractivity (Wildman–Crippen MR) is 34.6 cm³/mol. The second-order valence-corrected chi connectivity index (χ2v) is 1.94. The smallest absolute Gasteiger partial charge is 0.103 e. The highest BCUT2D eigenvalue weighted by atomic mass is 14.9. The van der Waals surface area contributed by atoms with E-state index in [1.165, 1.54) is 5.57 Å². The van der Waals surface area contributed by atoms with Crippen LogP contribution in [0.4, 0.5) is 0 Å². The maximum absolute atomic E-state index is 5.40. The normalized spacial score (nSPS) is 18.1. The average molecular weight is 110 g/mol. The van der Waals surface area contributed by atoms with Crippen molar-refractivity contribution >= 4 is 5.84 Å². The number of hydrogen-bond acceptors (Lipinski definition) is 2. The number of aliphatic imine (C=N–C) groups is 1. The van der Waals surface area contributed by atoms with Crippen molar-refractivity contribution in [1.29, 1.82) is 0 Å². The molecule has 1 aliphatic rings. The molecule has 0 unspecified atom stereocenters. The number of nitrogens with two attached hydrogens (primary N) is 1. The number of rotatable bonds is 1. The van der Waals surface area contributed by atoms with Crippen molar-refractivity contribution in [2.45, 2.75) is 19.8 Å². The first kappa shape index (κ1) is 5.35. The molecule has 2 heteroatoms. The van der Waals surface area contributed by atoms with Gasteiger partial charge < -0.3 is 5.73 Å². The molecule has 2 nitrogen and oxygen atoms in total. The minimum absolute atomic E-state index is 0.752. The van der Waals surface area contributed by atoms with E-state index in [9.17, 15) is 0 Å². The Morgan fingerprint density at radius 1 is 1.88 bits per heavy atom. The summed E-state index contributed by atoms with van der Waals surface area (Å²) < 4.78 is 0. The van der Waals surface area contributed by atoms with Crippen LogP contribution in [0.5, 0.6) is 0 Å². The van der Waals surface area contributed by atoms with Gasteiger partial charge in [0.25, 0.3) is 0 Å². The molecule has 0 fully saturated rings. The molecule has 0 bridgehead atoms. The van der Waals surface area contributed by atoms with E-state index < -0.39 is 0 Å². The monoisotopic (exact) mass is 110 g/mol. The lowest BCUT2D eigenvalue weighted by atomic mass is 10.2. The molecule has 0 saturated heterocycles. The molecule has 0 atom stereocenters. The zero-order chi connectivity index (χ0) is 5.98. The second kappa shape index (κ2) is 1.99. The molecule has 8 heavy (non-hydrogen) atoms. The Balaban J connectivity index is 2.49. The molecule has 1 aliphatic heterocycles. The molecule has 44 valence electrons. The summed E-state index contributed by atoms with van der Waals surface area (Å²) in [5.74, 6) is 0.752. The lowest BCUT2D eigenvalue weighted by Crippen LogP contribution is -2.07. The third-order valence-electron chi connectivity index (χ3n) is 1.28. The van der Waals surface area contributed by atoms with Gasteiger partial charge in [-0.05, 0) is 12.0 Å². The SMILES string of the molecule is CCC1=CN=C(N)C1. The van der Waals surface area contributed by atoms with Crippen LogP contribution in [0.25, 0.3) is 0 Å². The first-order valence-electron chi connectivity index (χ1n) is 2.83. The molecule has 0 aromatic rings. The van der Waals surface area contributed by atoms with Gasteiger partial charge in [-0.2, -0.15) is 0 Å². The van der Waals surface area contributed by atoms with Gasteiger partial charge in [-0.3, -0.25) is 0 Å². The van der Waals surface area contributed by atoms with Gasteiger partial charge in [-0.15, -0.1) is 0 Å². The fourth-order valence-corrected chi connectivity index (χ4v) is 0.714. The summed E-state index contributed by atoms with van der Waals surface area (Å²) in [5, 5.41) is 0. The van der Waals surface area contributed by atoms with Crippen molar-refractivity contribution in [2.75, 3.05) is 0 Å². The van der Waals surface area contributed by atoms with Crippen molar-refractivity contribution < 1.29 is 0 Å². The number of hydrogen-bond donors (Lipinski definition) is 1. The van der Waals surface area contributed by atoms with Gasteiger partial charge in [-0.1, -0.05) is 6.92 Å². The van der Waals surface area contributed by atoms with Crippen molar-refractivity contribution in [1.82, 2.24) is 0 Å². The van der Waals surface area contributed by atoms with Crippen molar-refractivity contribution in [3.8, 4) is 0 Å². The summed E-state index contributed by atoms with van der Waals surface area (Å²) in [6, 6.07) is 0. The quantitative estimate of drug-likeness (QED) is 0.538. The fourth-order valence-electron chi connectivity index (χ4n) is 0.714. The van der Waals surface area contributed by atoms with E-state index in [-0.39, 0.29) is 0 Å². The lowest BCUT2D eigenvalue weighted by Gasteiger charge is -1.90. The molecule has 0 saturated carbocycles. The first-order valence-corrected chi connectivity index (χ1v) is 2.83. The Hall–Kier alpha value is -0.790. The Labute approximate surface area is 49.1 Å². The van der Waals surface area contributed by atoms with Crippen LogP contribution in [0.1, 0.15) is 19.8 Å². The van der Waals surface area contributed by atoms with Gasteiger partial charge >= 0.3 is 0 Å².